The normalized spacial score (nSPS) is 15.3. The third kappa shape index (κ3) is 5.86. The van der Waals surface area contributed by atoms with Crippen LogP contribution in [-0.4, -0.2) is 67.5 Å². The molecule has 4 aromatic rings. The van der Waals surface area contributed by atoms with Gasteiger partial charge in [0.25, 0.3) is 11.5 Å². The molecule has 0 spiro atoms. The van der Waals surface area contributed by atoms with Crippen LogP contribution < -0.4 is 5.56 Å². The highest BCUT2D eigenvalue weighted by atomic mass is 19.2. The van der Waals surface area contributed by atoms with Gasteiger partial charge in [-0.2, -0.15) is 9.78 Å². The molecule has 2 amide bonds. The van der Waals surface area contributed by atoms with Crippen LogP contribution in [0.4, 0.5) is 18.4 Å². The Balaban J connectivity index is 1.59. The number of amides is 2. The third-order valence-corrected chi connectivity index (χ3v) is 7.08. The van der Waals surface area contributed by atoms with Crippen molar-refractivity contribution in [2.45, 2.75) is 65.3 Å². The predicted octanol–water partition coefficient (Wildman–Crippen LogP) is 5.50. The summed E-state index contributed by atoms with van der Waals surface area (Å²) in [6.07, 6.45) is 0.0796. The van der Waals surface area contributed by atoms with Crippen LogP contribution in [0.5, 0.6) is 0 Å². The summed E-state index contributed by atoms with van der Waals surface area (Å²) in [5, 5.41) is 4.74. The molecule has 3 heterocycles. The largest absolute Gasteiger partial charge is 0.444 e. The Morgan fingerprint density at radius 3 is 2.20 bits per heavy atom. The summed E-state index contributed by atoms with van der Waals surface area (Å²) in [6.45, 7) is 10.1. The molecule has 232 valence electrons. The summed E-state index contributed by atoms with van der Waals surface area (Å²) in [4.78, 5) is 58.2. The number of aromatic nitrogens is 3. The first kappa shape index (κ1) is 30.6. The van der Waals surface area contributed by atoms with Gasteiger partial charge in [0.2, 0.25) is 0 Å². The minimum atomic E-state index is -1.19. The summed E-state index contributed by atoms with van der Waals surface area (Å²) in [7, 11) is 1.50. The number of carbonyl (C=O) groups is 3. The number of carbonyl (C=O) groups excluding carboxylic acids is 3. The average molecular weight is 610 g/mol. The van der Waals surface area contributed by atoms with Gasteiger partial charge in [0, 0.05) is 35.8 Å². The maximum absolute atomic E-state index is 14.5. The van der Waals surface area contributed by atoms with Crippen molar-refractivity contribution >= 4 is 39.8 Å². The topological polar surface area (TPSA) is 127 Å². The molecule has 0 saturated carbocycles. The number of benzene rings is 2. The minimum absolute atomic E-state index is 0.0671. The van der Waals surface area contributed by atoms with E-state index < -0.39 is 52.5 Å². The number of nitrogens with one attached hydrogen (secondary N) is 1. The molecule has 2 aromatic heterocycles. The van der Waals surface area contributed by atoms with Gasteiger partial charge in [-0.1, -0.05) is 6.07 Å². The number of rotatable bonds is 2. The second kappa shape index (κ2) is 10.7. The molecular formula is C31H33F2N5O6. The van der Waals surface area contributed by atoms with Crippen molar-refractivity contribution in [3.8, 4) is 0 Å². The van der Waals surface area contributed by atoms with E-state index in [0.29, 0.717) is 16.5 Å². The lowest BCUT2D eigenvalue weighted by atomic mass is 9.92. The maximum Gasteiger partial charge on any atom is 0.435 e. The van der Waals surface area contributed by atoms with Gasteiger partial charge in [-0.05, 0) is 71.2 Å². The van der Waals surface area contributed by atoms with Crippen LogP contribution in [0.3, 0.4) is 0 Å². The molecule has 0 bridgehead atoms. The zero-order valence-electron chi connectivity index (χ0n) is 25.4. The van der Waals surface area contributed by atoms with E-state index in [9.17, 15) is 28.0 Å². The van der Waals surface area contributed by atoms with Crippen LogP contribution in [0.2, 0.25) is 0 Å². The molecule has 5 rings (SSSR count). The number of hydrogen-bond donors (Lipinski definition) is 1. The van der Waals surface area contributed by atoms with Crippen LogP contribution >= 0.6 is 0 Å². The van der Waals surface area contributed by atoms with Gasteiger partial charge in [0.1, 0.15) is 11.2 Å². The highest BCUT2D eigenvalue weighted by Gasteiger charge is 2.37. The Morgan fingerprint density at radius 2 is 1.57 bits per heavy atom. The molecule has 1 aliphatic rings. The number of pyridine rings is 1. The van der Waals surface area contributed by atoms with Crippen molar-refractivity contribution < 1.29 is 32.6 Å². The number of aromatic amines is 1. The lowest BCUT2D eigenvalue weighted by Crippen LogP contribution is -2.47. The van der Waals surface area contributed by atoms with Gasteiger partial charge in [-0.15, -0.1) is 0 Å². The minimum Gasteiger partial charge on any atom is -0.444 e. The summed E-state index contributed by atoms with van der Waals surface area (Å²) >= 11 is 0. The monoisotopic (exact) mass is 609 g/mol. The van der Waals surface area contributed by atoms with Crippen molar-refractivity contribution in [1.82, 2.24) is 24.6 Å². The lowest BCUT2D eigenvalue weighted by Gasteiger charge is -2.39. The van der Waals surface area contributed by atoms with Crippen LogP contribution in [0.1, 0.15) is 69.2 Å². The summed E-state index contributed by atoms with van der Waals surface area (Å²) in [6, 6.07) is 5.54. The van der Waals surface area contributed by atoms with Crippen LogP contribution in [0, 0.1) is 11.6 Å². The van der Waals surface area contributed by atoms with Crippen LogP contribution in [0.25, 0.3) is 21.7 Å². The summed E-state index contributed by atoms with van der Waals surface area (Å²) in [5.41, 5.74) is -1.11. The highest BCUT2D eigenvalue weighted by Crippen LogP contribution is 2.36. The molecule has 0 radical (unpaired) electrons. The molecule has 1 aliphatic heterocycles. The SMILES string of the molecule is CN(C(=O)c1ccc2cnn(C(=O)OC(C)(C)C)c2c1)C1CN(C(=O)OC(C)(C)C)Cc2[nH]c(=O)c3cc(F)c(F)cc3c21. The van der Waals surface area contributed by atoms with E-state index >= 15 is 0 Å². The van der Waals surface area contributed by atoms with Gasteiger partial charge in [-0.3, -0.25) is 14.5 Å². The Kier molecular flexibility index (Phi) is 7.47. The molecule has 11 nitrogen and oxygen atoms in total. The smallest absolute Gasteiger partial charge is 0.435 e. The van der Waals surface area contributed by atoms with E-state index in [4.69, 9.17) is 9.47 Å². The van der Waals surface area contributed by atoms with E-state index in [1.807, 2.05) is 0 Å². The quantitative estimate of drug-likeness (QED) is 0.318. The van der Waals surface area contributed by atoms with Crippen molar-refractivity contribution in [1.29, 1.82) is 0 Å². The molecule has 1 N–H and O–H groups in total. The van der Waals surface area contributed by atoms with Crippen LogP contribution in [0.15, 0.2) is 41.3 Å². The second-order valence-corrected chi connectivity index (χ2v) is 12.8. The Bertz CT molecular complexity index is 1880. The Labute approximate surface area is 251 Å². The number of likely N-dealkylation sites (N-methyl/N-ethyl adjacent to an activating group) is 1. The van der Waals surface area contributed by atoms with Gasteiger partial charge < -0.3 is 19.4 Å². The fourth-order valence-electron chi connectivity index (χ4n) is 5.18. The number of fused-ring (bicyclic) bond motifs is 4. The molecule has 1 atom stereocenters. The van der Waals surface area contributed by atoms with E-state index in [-0.39, 0.29) is 35.1 Å². The van der Waals surface area contributed by atoms with Gasteiger partial charge in [0.15, 0.2) is 11.6 Å². The van der Waals surface area contributed by atoms with Gasteiger partial charge in [-0.25, -0.2) is 18.4 Å². The first-order valence-corrected chi connectivity index (χ1v) is 13.9. The summed E-state index contributed by atoms with van der Waals surface area (Å²) in [5.74, 6) is -2.86. The van der Waals surface area contributed by atoms with Crippen molar-refractivity contribution in [2.24, 2.45) is 0 Å². The standard InChI is InChI=1S/C31H33F2N5O6/c1-30(2,3)43-28(41)37-14-22-25(18-11-20(32)21(33)12-19(18)26(39)35-22)24(15-37)36(7)27(40)16-8-9-17-13-34-38(23(17)10-16)29(42)44-31(4,5)6/h8-13,24H,14-15H2,1-7H3,(H,35,39). The molecule has 0 saturated heterocycles. The number of halogens is 2. The molecule has 2 aromatic carbocycles. The molecule has 13 heteroatoms. The van der Waals surface area contributed by atoms with Crippen molar-refractivity contribution in [3.05, 3.63) is 75.3 Å². The predicted molar refractivity (Wildman–Crippen MR) is 157 cm³/mol. The van der Waals surface area contributed by atoms with E-state index in [1.54, 1.807) is 53.7 Å². The molecule has 44 heavy (non-hydrogen) atoms. The third-order valence-electron chi connectivity index (χ3n) is 7.08. The maximum atomic E-state index is 14.5. The van der Waals surface area contributed by atoms with Crippen LogP contribution in [-0.2, 0) is 16.0 Å². The molecule has 1 unspecified atom stereocenters. The van der Waals surface area contributed by atoms with E-state index in [2.05, 4.69) is 10.1 Å². The highest BCUT2D eigenvalue weighted by molar-refractivity contribution is 5.99. The number of ether oxygens (including phenoxy) is 2. The summed E-state index contributed by atoms with van der Waals surface area (Å²) < 4.78 is 40.7. The van der Waals surface area contributed by atoms with Crippen molar-refractivity contribution in [2.75, 3.05) is 13.6 Å². The number of hydrogen-bond acceptors (Lipinski definition) is 7. The van der Waals surface area contributed by atoms with E-state index in [0.717, 1.165) is 16.8 Å². The first-order valence-electron chi connectivity index (χ1n) is 13.9. The Morgan fingerprint density at radius 1 is 0.955 bits per heavy atom. The molecule has 0 aliphatic carbocycles. The second-order valence-electron chi connectivity index (χ2n) is 12.8. The van der Waals surface area contributed by atoms with Crippen molar-refractivity contribution in [3.63, 3.8) is 0 Å². The zero-order chi connectivity index (χ0) is 32.3. The average Bonchev–Trinajstić information content (AvgIpc) is 3.34. The fourth-order valence-corrected chi connectivity index (χ4v) is 5.18. The van der Waals surface area contributed by atoms with Gasteiger partial charge >= 0.3 is 12.2 Å². The molecule has 0 fully saturated rings. The fraction of sp³-hybridized carbons (Fsp3) is 0.387. The lowest BCUT2D eigenvalue weighted by molar-refractivity contribution is 0.0142. The number of H-pyrrole nitrogens is 1. The Hall–Kier alpha value is -4.81. The van der Waals surface area contributed by atoms with E-state index in [1.165, 1.54) is 29.1 Å². The zero-order valence-corrected chi connectivity index (χ0v) is 25.4. The first-order chi connectivity index (χ1) is 20.4. The number of nitrogens with zero attached hydrogens (tertiary/aromatic N) is 4. The molecular weight excluding hydrogens is 576 g/mol. The van der Waals surface area contributed by atoms with Gasteiger partial charge in [0.05, 0.1) is 29.7 Å².